The van der Waals surface area contributed by atoms with E-state index in [0.717, 1.165) is 11.3 Å². The van der Waals surface area contributed by atoms with E-state index in [1.165, 1.54) is 10.9 Å². The van der Waals surface area contributed by atoms with Crippen molar-refractivity contribution < 1.29 is 9.53 Å². The van der Waals surface area contributed by atoms with Crippen LogP contribution in [0.3, 0.4) is 0 Å². The molecule has 3 rings (SSSR count). The van der Waals surface area contributed by atoms with Gasteiger partial charge >= 0.3 is 0 Å². The molecule has 1 aromatic heterocycles. The van der Waals surface area contributed by atoms with Gasteiger partial charge in [-0.2, -0.15) is 0 Å². The van der Waals surface area contributed by atoms with Crippen molar-refractivity contribution in [2.24, 2.45) is 0 Å². The molecule has 7 heteroatoms. The Morgan fingerprint density at radius 2 is 2.00 bits per heavy atom. The number of nitrogens with zero attached hydrogens (tertiary/aromatic N) is 3. The third kappa shape index (κ3) is 4.37. The summed E-state index contributed by atoms with van der Waals surface area (Å²) in [5, 5.41) is 3.42. The summed E-state index contributed by atoms with van der Waals surface area (Å²) in [6, 6.07) is 14.8. The lowest BCUT2D eigenvalue weighted by Crippen LogP contribution is -2.37. The number of rotatable bonds is 7. The molecule has 1 amide bonds. The Morgan fingerprint density at radius 3 is 2.75 bits per heavy atom. The second-order valence-corrected chi connectivity index (χ2v) is 6.75. The number of methoxy groups -OCH3 is 1. The molecule has 0 aliphatic heterocycles. The second kappa shape index (κ2) is 8.67. The van der Waals surface area contributed by atoms with E-state index in [4.69, 9.17) is 4.74 Å². The van der Waals surface area contributed by atoms with Crippen LogP contribution in [0.2, 0.25) is 0 Å². The summed E-state index contributed by atoms with van der Waals surface area (Å²) in [5.41, 5.74) is 1.43. The number of nitrogens with one attached hydrogen (secondary N) is 1. The van der Waals surface area contributed by atoms with Crippen LogP contribution >= 0.6 is 0 Å². The predicted octanol–water partition coefficient (Wildman–Crippen LogP) is 1.82. The lowest BCUT2D eigenvalue weighted by atomic mass is 10.1. The number of aromatic nitrogens is 2. The fourth-order valence-electron chi connectivity index (χ4n) is 3.09. The Hall–Kier alpha value is -3.19. The van der Waals surface area contributed by atoms with Crippen LogP contribution in [0.15, 0.2) is 59.7 Å². The average molecular weight is 380 g/mol. The van der Waals surface area contributed by atoms with Gasteiger partial charge in [0.1, 0.15) is 12.3 Å². The van der Waals surface area contributed by atoms with E-state index < -0.39 is 0 Å². The van der Waals surface area contributed by atoms with Crippen molar-refractivity contribution in [1.29, 1.82) is 0 Å². The maximum atomic E-state index is 12.5. The number of hydrogen-bond acceptors (Lipinski definition) is 5. The number of benzene rings is 2. The highest BCUT2D eigenvalue weighted by Gasteiger charge is 2.16. The van der Waals surface area contributed by atoms with E-state index in [0.29, 0.717) is 17.4 Å². The smallest absolute Gasteiger partial charge is 0.261 e. The van der Waals surface area contributed by atoms with Crippen LogP contribution in [0.4, 0.5) is 0 Å². The Kier molecular flexibility index (Phi) is 6.06. The molecule has 0 spiro atoms. The summed E-state index contributed by atoms with van der Waals surface area (Å²) in [6.45, 7) is 0.337. The molecule has 2 aromatic carbocycles. The molecule has 0 aliphatic rings. The van der Waals surface area contributed by atoms with Gasteiger partial charge in [0, 0.05) is 6.54 Å². The number of carbonyl (C=O) groups is 1. The maximum absolute atomic E-state index is 12.5. The van der Waals surface area contributed by atoms with Gasteiger partial charge in [-0.15, -0.1) is 0 Å². The van der Waals surface area contributed by atoms with Crippen molar-refractivity contribution in [1.82, 2.24) is 19.8 Å². The maximum Gasteiger partial charge on any atom is 0.261 e. The van der Waals surface area contributed by atoms with E-state index in [1.54, 1.807) is 25.3 Å². The zero-order chi connectivity index (χ0) is 20.1. The van der Waals surface area contributed by atoms with E-state index in [9.17, 15) is 9.59 Å². The Balaban J connectivity index is 1.70. The molecule has 1 atom stereocenters. The molecule has 0 saturated heterocycles. The number of carbonyl (C=O) groups excluding carboxylic acids is 1. The predicted molar refractivity (Wildman–Crippen MR) is 108 cm³/mol. The zero-order valence-electron chi connectivity index (χ0n) is 16.3. The third-order valence-corrected chi connectivity index (χ3v) is 4.64. The second-order valence-electron chi connectivity index (χ2n) is 6.75. The molecule has 1 heterocycles. The van der Waals surface area contributed by atoms with Crippen LogP contribution in [-0.4, -0.2) is 48.1 Å². The van der Waals surface area contributed by atoms with Crippen LogP contribution in [0.1, 0.15) is 11.6 Å². The first-order valence-corrected chi connectivity index (χ1v) is 9.01. The molecule has 3 aromatic rings. The minimum Gasteiger partial charge on any atom is -0.497 e. The molecule has 0 saturated carbocycles. The van der Waals surface area contributed by atoms with E-state index in [-0.39, 0.29) is 24.1 Å². The highest BCUT2D eigenvalue weighted by molar-refractivity contribution is 5.78. The molecule has 146 valence electrons. The molecule has 0 bridgehead atoms. The summed E-state index contributed by atoms with van der Waals surface area (Å²) >= 11 is 0. The average Bonchev–Trinajstić information content (AvgIpc) is 2.70. The molecule has 7 nitrogen and oxygen atoms in total. The van der Waals surface area contributed by atoms with Gasteiger partial charge in [-0.25, -0.2) is 4.98 Å². The van der Waals surface area contributed by atoms with Gasteiger partial charge < -0.3 is 15.0 Å². The quantitative estimate of drug-likeness (QED) is 0.677. The number of ether oxygens (including phenoxy) is 1. The largest absolute Gasteiger partial charge is 0.497 e. The third-order valence-electron chi connectivity index (χ3n) is 4.64. The van der Waals surface area contributed by atoms with Crippen molar-refractivity contribution in [3.63, 3.8) is 0 Å². The summed E-state index contributed by atoms with van der Waals surface area (Å²) < 4.78 is 6.61. The number of likely N-dealkylation sites (N-methyl/N-ethyl adjacent to an activating group) is 1. The molecular weight excluding hydrogens is 356 g/mol. The van der Waals surface area contributed by atoms with Gasteiger partial charge in [0.15, 0.2) is 0 Å². The fourth-order valence-corrected chi connectivity index (χ4v) is 3.09. The van der Waals surface area contributed by atoms with Crippen molar-refractivity contribution in [2.75, 3.05) is 27.7 Å². The Labute approximate surface area is 163 Å². The van der Waals surface area contributed by atoms with Crippen LogP contribution in [0, 0.1) is 0 Å². The molecule has 0 unspecified atom stereocenters. The van der Waals surface area contributed by atoms with Crippen molar-refractivity contribution >= 4 is 16.8 Å². The molecular formula is C21H24N4O3. The molecule has 28 heavy (non-hydrogen) atoms. The molecule has 0 aliphatic carbocycles. The lowest BCUT2D eigenvalue weighted by molar-refractivity contribution is -0.121. The van der Waals surface area contributed by atoms with Gasteiger partial charge in [0.05, 0.1) is 30.4 Å². The number of para-hydroxylation sites is 1. The van der Waals surface area contributed by atoms with Crippen molar-refractivity contribution in [2.45, 2.75) is 12.6 Å². The van der Waals surface area contributed by atoms with Crippen LogP contribution in [-0.2, 0) is 11.3 Å². The summed E-state index contributed by atoms with van der Waals surface area (Å²) in [5.74, 6) is 0.526. The van der Waals surface area contributed by atoms with Crippen LogP contribution in [0.5, 0.6) is 5.75 Å². The molecule has 0 radical (unpaired) electrons. The highest BCUT2D eigenvalue weighted by Crippen LogP contribution is 2.22. The zero-order valence-corrected chi connectivity index (χ0v) is 16.3. The van der Waals surface area contributed by atoms with Crippen molar-refractivity contribution in [3.05, 3.63) is 70.8 Å². The number of hydrogen-bond donors (Lipinski definition) is 1. The first-order chi connectivity index (χ1) is 13.5. The normalized spacial score (nSPS) is 12.1. The summed E-state index contributed by atoms with van der Waals surface area (Å²) in [7, 11) is 5.53. The van der Waals surface area contributed by atoms with Crippen molar-refractivity contribution in [3.8, 4) is 5.75 Å². The fraction of sp³-hybridized carbons (Fsp3) is 0.286. The number of amides is 1. The SMILES string of the molecule is COc1cccc([C@@H](CNC(=O)Cn2cnc3ccccc3c2=O)N(C)C)c1. The summed E-state index contributed by atoms with van der Waals surface area (Å²) in [4.78, 5) is 31.2. The topological polar surface area (TPSA) is 76.5 Å². The van der Waals surface area contributed by atoms with Gasteiger partial charge in [-0.05, 0) is 43.9 Å². The van der Waals surface area contributed by atoms with Gasteiger partial charge in [-0.1, -0.05) is 24.3 Å². The van der Waals surface area contributed by atoms with E-state index >= 15 is 0 Å². The van der Waals surface area contributed by atoms with Gasteiger partial charge in [-0.3, -0.25) is 14.2 Å². The monoisotopic (exact) mass is 380 g/mol. The molecule has 1 N–H and O–H groups in total. The van der Waals surface area contributed by atoms with E-state index in [2.05, 4.69) is 10.3 Å². The highest BCUT2D eigenvalue weighted by atomic mass is 16.5. The minimum atomic E-state index is -0.242. The van der Waals surface area contributed by atoms with Gasteiger partial charge in [0.2, 0.25) is 5.91 Å². The first-order valence-electron chi connectivity index (χ1n) is 9.01. The van der Waals surface area contributed by atoms with Crippen LogP contribution in [0.25, 0.3) is 10.9 Å². The Bertz CT molecular complexity index is 1030. The lowest BCUT2D eigenvalue weighted by Gasteiger charge is -2.25. The Morgan fingerprint density at radius 1 is 1.21 bits per heavy atom. The number of fused-ring (bicyclic) bond motifs is 1. The standard InChI is InChI=1S/C21H24N4O3/c1-24(2)19(15-7-6-8-16(11-15)28-3)12-22-20(26)13-25-14-23-18-10-5-4-9-17(18)21(25)27/h4-11,14,19H,12-13H2,1-3H3,(H,22,26)/t19-/m1/s1. The minimum absolute atomic E-state index is 0.0227. The molecule has 0 fully saturated rings. The summed E-state index contributed by atoms with van der Waals surface area (Å²) in [6.07, 6.45) is 1.41. The first kappa shape index (κ1) is 19.6. The van der Waals surface area contributed by atoms with Gasteiger partial charge in [0.25, 0.3) is 5.56 Å². The van der Waals surface area contributed by atoms with E-state index in [1.807, 2.05) is 49.3 Å². The van der Waals surface area contributed by atoms with Crippen LogP contribution < -0.4 is 15.6 Å².